The number of likely N-dealkylation sites (N-methyl/N-ethyl adjacent to an activating group) is 1. The fourth-order valence-electron chi connectivity index (χ4n) is 2.46. The van der Waals surface area contributed by atoms with Crippen LogP contribution >= 0.6 is 0 Å². The Bertz CT molecular complexity index is 438. The fourth-order valence-corrected chi connectivity index (χ4v) is 2.46. The molecule has 0 aliphatic rings. The number of rotatable bonds is 9. The summed E-state index contributed by atoms with van der Waals surface area (Å²) >= 11 is 0. The first-order valence-corrected chi connectivity index (χ1v) is 7.72. The van der Waals surface area contributed by atoms with E-state index in [-0.39, 0.29) is 0 Å². The molecule has 0 fully saturated rings. The van der Waals surface area contributed by atoms with Gasteiger partial charge in [0.2, 0.25) is 0 Å². The van der Waals surface area contributed by atoms with Gasteiger partial charge in [-0.1, -0.05) is 6.07 Å². The van der Waals surface area contributed by atoms with Gasteiger partial charge in [-0.15, -0.1) is 0 Å². The van der Waals surface area contributed by atoms with Crippen LogP contribution in [0.2, 0.25) is 0 Å². The van der Waals surface area contributed by atoms with E-state index in [9.17, 15) is 5.26 Å². The lowest BCUT2D eigenvalue weighted by atomic mass is 9.96. The average molecular weight is 288 g/mol. The van der Waals surface area contributed by atoms with Crippen molar-refractivity contribution in [3.63, 3.8) is 0 Å². The van der Waals surface area contributed by atoms with E-state index in [2.05, 4.69) is 48.2 Å². The van der Waals surface area contributed by atoms with E-state index in [1.165, 1.54) is 0 Å². The van der Waals surface area contributed by atoms with Crippen molar-refractivity contribution in [3.05, 3.63) is 30.1 Å². The van der Waals surface area contributed by atoms with Gasteiger partial charge in [0.1, 0.15) is 5.54 Å². The van der Waals surface area contributed by atoms with Crippen LogP contribution in [0, 0.1) is 11.3 Å². The third-order valence-corrected chi connectivity index (χ3v) is 3.55. The minimum Gasteiger partial charge on any atom is -0.306 e. The molecule has 1 atom stereocenters. The Morgan fingerprint density at radius 3 is 2.71 bits per heavy atom. The Morgan fingerprint density at radius 1 is 1.38 bits per heavy atom. The Hall–Kier alpha value is -1.44. The standard InChI is InChI=1S/C17H28N4/c1-15(2)20-17(3,14-18)10-7-12-21(4)13-9-16-8-5-6-11-19-16/h5-6,8,11,15,20H,7,9-10,12-13H2,1-4H3. The molecule has 0 aromatic carbocycles. The van der Waals surface area contributed by atoms with Gasteiger partial charge >= 0.3 is 0 Å². The molecule has 1 aromatic heterocycles. The second-order valence-corrected chi connectivity index (χ2v) is 6.22. The molecule has 0 radical (unpaired) electrons. The largest absolute Gasteiger partial charge is 0.306 e. The average Bonchev–Trinajstić information content (AvgIpc) is 2.45. The Kier molecular flexibility index (Phi) is 7.35. The molecule has 0 bridgehead atoms. The van der Waals surface area contributed by atoms with Crippen LogP contribution in [-0.2, 0) is 6.42 Å². The lowest BCUT2D eigenvalue weighted by molar-refractivity contribution is 0.300. The Balaban J connectivity index is 2.27. The number of nitrogens with zero attached hydrogens (tertiary/aromatic N) is 3. The van der Waals surface area contributed by atoms with E-state index in [0.29, 0.717) is 6.04 Å². The molecule has 0 aliphatic heterocycles. The molecule has 0 spiro atoms. The molecular weight excluding hydrogens is 260 g/mol. The minimum absolute atomic E-state index is 0.330. The number of aromatic nitrogens is 1. The molecule has 1 unspecified atom stereocenters. The molecule has 4 nitrogen and oxygen atoms in total. The number of nitriles is 1. The lowest BCUT2D eigenvalue weighted by Crippen LogP contribution is -2.45. The first-order valence-electron chi connectivity index (χ1n) is 7.72. The van der Waals surface area contributed by atoms with Crippen LogP contribution < -0.4 is 5.32 Å². The monoisotopic (exact) mass is 288 g/mol. The van der Waals surface area contributed by atoms with Gasteiger partial charge in [0.05, 0.1) is 6.07 Å². The van der Waals surface area contributed by atoms with Crippen LogP contribution in [0.3, 0.4) is 0 Å². The van der Waals surface area contributed by atoms with Crippen molar-refractivity contribution in [2.75, 3.05) is 20.1 Å². The van der Waals surface area contributed by atoms with Gasteiger partial charge in [-0.25, -0.2) is 0 Å². The summed E-state index contributed by atoms with van der Waals surface area (Å²) in [4.78, 5) is 6.64. The van der Waals surface area contributed by atoms with E-state index < -0.39 is 5.54 Å². The molecule has 0 saturated carbocycles. The highest BCUT2D eigenvalue weighted by molar-refractivity contribution is 5.05. The molecule has 4 heteroatoms. The number of nitrogens with one attached hydrogen (secondary N) is 1. The predicted octanol–water partition coefficient (Wildman–Crippen LogP) is 2.62. The van der Waals surface area contributed by atoms with Crippen molar-refractivity contribution >= 4 is 0 Å². The highest BCUT2D eigenvalue weighted by Gasteiger charge is 2.23. The van der Waals surface area contributed by atoms with Gasteiger partial charge in [-0.2, -0.15) is 5.26 Å². The summed E-state index contributed by atoms with van der Waals surface area (Å²) in [5.74, 6) is 0. The summed E-state index contributed by atoms with van der Waals surface area (Å²) < 4.78 is 0. The normalized spacial score (nSPS) is 14.1. The topological polar surface area (TPSA) is 52.0 Å². The smallest absolute Gasteiger partial charge is 0.104 e. The molecule has 116 valence electrons. The molecular formula is C17H28N4. The van der Waals surface area contributed by atoms with Gasteiger partial charge < -0.3 is 4.90 Å². The molecule has 1 heterocycles. The van der Waals surface area contributed by atoms with E-state index in [1.807, 2.05) is 25.3 Å². The van der Waals surface area contributed by atoms with Crippen molar-refractivity contribution < 1.29 is 0 Å². The zero-order valence-corrected chi connectivity index (χ0v) is 13.8. The molecule has 0 aliphatic carbocycles. The first kappa shape index (κ1) is 17.6. The molecule has 0 amide bonds. The van der Waals surface area contributed by atoms with Gasteiger partial charge in [0.15, 0.2) is 0 Å². The highest BCUT2D eigenvalue weighted by atomic mass is 15.1. The van der Waals surface area contributed by atoms with Crippen molar-refractivity contribution in [1.82, 2.24) is 15.2 Å². The summed E-state index contributed by atoms with van der Waals surface area (Å²) in [6, 6.07) is 8.76. The van der Waals surface area contributed by atoms with E-state index in [1.54, 1.807) is 0 Å². The van der Waals surface area contributed by atoms with Gasteiger partial charge in [-0.3, -0.25) is 10.3 Å². The molecule has 21 heavy (non-hydrogen) atoms. The fraction of sp³-hybridized carbons (Fsp3) is 0.647. The first-order chi connectivity index (χ1) is 9.95. The third kappa shape index (κ3) is 7.22. The SMILES string of the molecule is CC(C)NC(C)(C#N)CCCN(C)CCc1ccccn1. The Morgan fingerprint density at radius 2 is 2.14 bits per heavy atom. The van der Waals surface area contributed by atoms with Crippen LogP contribution in [0.5, 0.6) is 0 Å². The van der Waals surface area contributed by atoms with Gasteiger partial charge in [0.25, 0.3) is 0 Å². The third-order valence-electron chi connectivity index (χ3n) is 3.55. The van der Waals surface area contributed by atoms with Gasteiger partial charge in [0, 0.05) is 30.9 Å². The van der Waals surface area contributed by atoms with Crippen LogP contribution in [0.1, 0.15) is 39.3 Å². The van der Waals surface area contributed by atoms with Crippen LogP contribution in [0.4, 0.5) is 0 Å². The quantitative estimate of drug-likeness (QED) is 0.759. The summed E-state index contributed by atoms with van der Waals surface area (Å²) in [5.41, 5.74) is 0.711. The summed E-state index contributed by atoms with van der Waals surface area (Å²) in [5, 5.41) is 12.7. The zero-order chi connectivity index (χ0) is 15.7. The number of hydrogen-bond acceptors (Lipinski definition) is 4. The molecule has 1 rings (SSSR count). The second-order valence-electron chi connectivity index (χ2n) is 6.22. The molecule has 1 aromatic rings. The van der Waals surface area contributed by atoms with Crippen molar-refractivity contribution in [2.45, 2.75) is 51.6 Å². The Labute approximate surface area is 129 Å². The van der Waals surface area contributed by atoms with Crippen LogP contribution in [-0.4, -0.2) is 41.6 Å². The van der Waals surface area contributed by atoms with Crippen molar-refractivity contribution in [3.8, 4) is 6.07 Å². The van der Waals surface area contributed by atoms with E-state index in [0.717, 1.165) is 38.0 Å². The second kappa shape index (κ2) is 8.76. The lowest BCUT2D eigenvalue weighted by Gasteiger charge is -2.27. The maximum Gasteiger partial charge on any atom is 0.104 e. The molecule has 0 saturated heterocycles. The minimum atomic E-state index is -0.421. The highest BCUT2D eigenvalue weighted by Crippen LogP contribution is 2.12. The summed E-state index contributed by atoms with van der Waals surface area (Å²) in [7, 11) is 2.13. The van der Waals surface area contributed by atoms with Crippen LogP contribution in [0.15, 0.2) is 24.4 Å². The van der Waals surface area contributed by atoms with Crippen molar-refractivity contribution in [1.29, 1.82) is 5.26 Å². The maximum absolute atomic E-state index is 9.32. The van der Waals surface area contributed by atoms with E-state index >= 15 is 0 Å². The maximum atomic E-state index is 9.32. The summed E-state index contributed by atoms with van der Waals surface area (Å²) in [6.45, 7) is 8.14. The van der Waals surface area contributed by atoms with Gasteiger partial charge in [-0.05, 0) is 59.3 Å². The van der Waals surface area contributed by atoms with E-state index in [4.69, 9.17) is 0 Å². The van der Waals surface area contributed by atoms with Crippen LogP contribution in [0.25, 0.3) is 0 Å². The zero-order valence-electron chi connectivity index (χ0n) is 13.8. The molecule has 1 N–H and O–H groups in total. The van der Waals surface area contributed by atoms with Crippen molar-refractivity contribution in [2.24, 2.45) is 0 Å². The predicted molar refractivity (Wildman–Crippen MR) is 87.0 cm³/mol. The number of pyridine rings is 1. The summed E-state index contributed by atoms with van der Waals surface area (Å²) in [6.07, 6.45) is 4.69. The number of hydrogen-bond donors (Lipinski definition) is 1.